The fourth-order valence-corrected chi connectivity index (χ4v) is 1.58. The van der Waals surface area contributed by atoms with Gasteiger partial charge in [0, 0.05) is 5.56 Å². The highest BCUT2D eigenvalue weighted by Gasteiger charge is 2.19. The second kappa shape index (κ2) is 4.92. The van der Waals surface area contributed by atoms with Gasteiger partial charge in [-0.15, -0.1) is 0 Å². The SMILES string of the molecule is COc1c(CC(=O)O)cc(C)cc1C(F)F. The monoisotopic (exact) mass is 230 g/mol. The van der Waals surface area contributed by atoms with Crippen LogP contribution in [0.25, 0.3) is 0 Å². The van der Waals surface area contributed by atoms with E-state index >= 15 is 0 Å². The summed E-state index contributed by atoms with van der Waals surface area (Å²) < 4.78 is 30.2. The predicted octanol–water partition coefficient (Wildman–Crippen LogP) is 2.57. The standard InChI is InChI=1S/C11H12F2O3/c1-6-3-7(5-9(14)15)10(16-2)8(4-6)11(12)13/h3-4,11H,5H2,1-2H3,(H,14,15). The van der Waals surface area contributed by atoms with Crippen LogP contribution < -0.4 is 4.74 Å². The summed E-state index contributed by atoms with van der Waals surface area (Å²) in [5, 5.41) is 8.66. The third-order valence-corrected chi connectivity index (χ3v) is 2.12. The Kier molecular flexibility index (Phi) is 3.82. The van der Waals surface area contributed by atoms with E-state index in [0.717, 1.165) is 0 Å². The van der Waals surface area contributed by atoms with Crippen LogP contribution in [-0.2, 0) is 11.2 Å². The van der Waals surface area contributed by atoms with Crippen molar-refractivity contribution in [2.75, 3.05) is 7.11 Å². The highest BCUT2D eigenvalue weighted by Crippen LogP contribution is 2.33. The van der Waals surface area contributed by atoms with Crippen molar-refractivity contribution in [2.24, 2.45) is 0 Å². The van der Waals surface area contributed by atoms with Crippen LogP contribution in [0.2, 0.25) is 0 Å². The first-order chi connectivity index (χ1) is 7.45. The number of alkyl halides is 2. The van der Waals surface area contributed by atoms with E-state index in [1.165, 1.54) is 13.2 Å². The molecule has 0 aliphatic carbocycles. The van der Waals surface area contributed by atoms with Crippen molar-refractivity contribution in [3.05, 3.63) is 28.8 Å². The van der Waals surface area contributed by atoms with E-state index in [1.807, 2.05) is 0 Å². The molecule has 1 aromatic carbocycles. The van der Waals surface area contributed by atoms with Crippen molar-refractivity contribution in [2.45, 2.75) is 19.8 Å². The first-order valence-corrected chi connectivity index (χ1v) is 4.63. The maximum absolute atomic E-state index is 12.7. The Labute approximate surface area is 91.7 Å². The maximum atomic E-state index is 12.7. The summed E-state index contributed by atoms with van der Waals surface area (Å²) in [6, 6.07) is 2.84. The average Bonchev–Trinajstić information content (AvgIpc) is 2.15. The Bertz CT molecular complexity index is 402. The molecule has 3 nitrogen and oxygen atoms in total. The molecule has 0 aromatic heterocycles. The van der Waals surface area contributed by atoms with Crippen LogP contribution in [0.4, 0.5) is 8.78 Å². The number of hydrogen-bond acceptors (Lipinski definition) is 2. The molecule has 0 aliphatic heterocycles. The minimum absolute atomic E-state index is 0.0389. The molecule has 0 atom stereocenters. The molecule has 0 aliphatic rings. The minimum atomic E-state index is -2.68. The molecule has 0 radical (unpaired) electrons. The molecule has 0 bridgehead atoms. The number of hydrogen-bond donors (Lipinski definition) is 1. The lowest BCUT2D eigenvalue weighted by Gasteiger charge is -2.13. The van der Waals surface area contributed by atoms with Gasteiger partial charge in [0.05, 0.1) is 19.1 Å². The van der Waals surface area contributed by atoms with Crippen molar-refractivity contribution in [1.29, 1.82) is 0 Å². The quantitative estimate of drug-likeness (QED) is 0.864. The van der Waals surface area contributed by atoms with Crippen molar-refractivity contribution >= 4 is 5.97 Å². The van der Waals surface area contributed by atoms with Gasteiger partial charge >= 0.3 is 5.97 Å². The first-order valence-electron chi connectivity index (χ1n) is 4.63. The number of ether oxygens (including phenoxy) is 1. The Morgan fingerprint density at radius 2 is 2.12 bits per heavy atom. The van der Waals surface area contributed by atoms with E-state index in [4.69, 9.17) is 9.84 Å². The van der Waals surface area contributed by atoms with Crippen molar-refractivity contribution in [1.82, 2.24) is 0 Å². The number of benzene rings is 1. The number of halogens is 2. The zero-order valence-corrected chi connectivity index (χ0v) is 8.96. The first kappa shape index (κ1) is 12.4. The average molecular weight is 230 g/mol. The van der Waals surface area contributed by atoms with Crippen LogP contribution in [-0.4, -0.2) is 18.2 Å². The van der Waals surface area contributed by atoms with Gasteiger partial charge in [-0.25, -0.2) is 8.78 Å². The van der Waals surface area contributed by atoms with Crippen molar-refractivity contribution in [3.8, 4) is 5.75 Å². The highest BCUT2D eigenvalue weighted by atomic mass is 19.3. The van der Waals surface area contributed by atoms with E-state index in [1.54, 1.807) is 13.0 Å². The molecule has 0 heterocycles. The molecule has 1 aromatic rings. The van der Waals surface area contributed by atoms with Gasteiger partial charge in [0.1, 0.15) is 5.75 Å². The number of aliphatic carboxylic acids is 1. The van der Waals surface area contributed by atoms with Gasteiger partial charge in [-0.2, -0.15) is 0 Å². The van der Waals surface area contributed by atoms with Gasteiger partial charge in [-0.1, -0.05) is 11.6 Å². The molecule has 88 valence electrons. The molecule has 0 spiro atoms. The molecule has 1 rings (SSSR count). The summed E-state index contributed by atoms with van der Waals surface area (Å²) in [4.78, 5) is 10.6. The van der Waals surface area contributed by atoms with Crippen LogP contribution in [0.3, 0.4) is 0 Å². The lowest BCUT2D eigenvalue weighted by Crippen LogP contribution is -2.05. The number of methoxy groups -OCH3 is 1. The van der Waals surface area contributed by atoms with Gasteiger partial charge in [0.2, 0.25) is 0 Å². The minimum Gasteiger partial charge on any atom is -0.496 e. The largest absolute Gasteiger partial charge is 0.496 e. The fraction of sp³-hybridized carbons (Fsp3) is 0.364. The smallest absolute Gasteiger partial charge is 0.307 e. The summed E-state index contributed by atoms with van der Waals surface area (Å²) >= 11 is 0. The van der Waals surface area contributed by atoms with E-state index < -0.39 is 12.4 Å². The number of carbonyl (C=O) groups is 1. The Balaban J connectivity index is 3.29. The zero-order valence-electron chi connectivity index (χ0n) is 8.96. The zero-order chi connectivity index (χ0) is 12.3. The third-order valence-electron chi connectivity index (χ3n) is 2.12. The third kappa shape index (κ3) is 2.68. The van der Waals surface area contributed by atoms with Gasteiger partial charge in [0.15, 0.2) is 0 Å². The van der Waals surface area contributed by atoms with E-state index in [9.17, 15) is 13.6 Å². The van der Waals surface area contributed by atoms with Crippen molar-refractivity contribution in [3.63, 3.8) is 0 Å². The summed E-state index contributed by atoms with van der Waals surface area (Å²) in [7, 11) is 1.25. The molecule has 0 fully saturated rings. The maximum Gasteiger partial charge on any atom is 0.307 e. The molecular formula is C11H12F2O3. The Hall–Kier alpha value is -1.65. The summed E-state index contributed by atoms with van der Waals surface area (Å²) in [6.07, 6.45) is -3.01. The molecule has 5 heteroatoms. The number of rotatable bonds is 4. The molecule has 0 unspecified atom stereocenters. The fourth-order valence-electron chi connectivity index (χ4n) is 1.58. The van der Waals surface area contributed by atoms with Gasteiger partial charge < -0.3 is 9.84 Å². The van der Waals surface area contributed by atoms with E-state index in [0.29, 0.717) is 5.56 Å². The van der Waals surface area contributed by atoms with Crippen LogP contribution in [0.1, 0.15) is 23.1 Å². The predicted molar refractivity (Wildman–Crippen MR) is 54.0 cm³/mol. The summed E-state index contributed by atoms with van der Waals surface area (Å²) in [5.74, 6) is -1.12. The van der Waals surface area contributed by atoms with Crippen molar-refractivity contribution < 1.29 is 23.4 Å². The molecular weight excluding hydrogens is 218 g/mol. The summed E-state index contributed by atoms with van der Waals surface area (Å²) in [6.45, 7) is 1.64. The summed E-state index contributed by atoms with van der Waals surface area (Å²) in [5.41, 5.74) is 0.594. The molecule has 0 amide bonds. The van der Waals surface area contributed by atoms with Crippen LogP contribution >= 0.6 is 0 Å². The number of aryl methyl sites for hydroxylation is 1. The van der Waals surface area contributed by atoms with Gasteiger partial charge in [-0.3, -0.25) is 4.79 Å². The van der Waals surface area contributed by atoms with E-state index in [2.05, 4.69) is 0 Å². The normalized spacial score (nSPS) is 10.6. The number of carboxylic acid groups (broad SMARTS) is 1. The molecule has 1 N–H and O–H groups in total. The second-order valence-corrected chi connectivity index (χ2v) is 3.42. The topological polar surface area (TPSA) is 46.5 Å². The molecule has 0 saturated carbocycles. The van der Waals surface area contributed by atoms with E-state index in [-0.39, 0.29) is 23.3 Å². The Morgan fingerprint density at radius 3 is 2.56 bits per heavy atom. The lowest BCUT2D eigenvalue weighted by molar-refractivity contribution is -0.136. The van der Waals surface area contributed by atoms with Gasteiger partial charge in [0.25, 0.3) is 6.43 Å². The molecule has 16 heavy (non-hydrogen) atoms. The highest BCUT2D eigenvalue weighted by molar-refractivity contribution is 5.72. The van der Waals surface area contributed by atoms with Crippen LogP contribution in [0, 0.1) is 6.92 Å². The van der Waals surface area contributed by atoms with Crippen LogP contribution in [0.15, 0.2) is 12.1 Å². The number of carboxylic acids is 1. The Morgan fingerprint density at radius 1 is 1.50 bits per heavy atom. The second-order valence-electron chi connectivity index (χ2n) is 3.42. The van der Waals surface area contributed by atoms with Crippen LogP contribution in [0.5, 0.6) is 5.75 Å². The van der Waals surface area contributed by atoms with Gasteiger partial charge in [-0.05, 0) is 13.0 Å². The lowest BCUT2D eigenvalue weighted by atomic mass is 10.0. The molecule has 0 saturated heterocycles.